The van der Waals surface area contributed by atoms with Gasteiger partial charge < -0.3 is 0 Å². The molecule has 0 spiro atoms. The van der Waals surface area contributed by atoms with Crippen LogP contribution in [0.15, 0.2) is 194 Å². The molecule has 0 N–H and O–H groups in total. The van der Waals surface area contributed by atoms with Gasteiger partial charge in [0.2, 0.25) is 0 Å². The quantitative estimate of drug-likeness (QED) is 0.0950. The first kappa shape index (κ1) is 70.1. The molecule has 0 aliphatic rings. The number of benzene rings is 9. The van der Waals surface area contributed by atoms with Gasteiger partial charge >= 0.3 is 0 Å². The number of fused-ring (bicyclic) bond motifs is 1. The van der Waals surface area contributed by atoms with E-state index in [2.05, 4.69) is 260 Å². The van der Waals surface area contributed by atoms with E-state index in [4.69, 9.17) is 20.2 Å². The zero-order chi connectivity index (χ0) is 61.3. The van der Waals surface area contributed by atoms with Crippen molar-refractivity contribution >= 4 is 10.8 Å². The predicted octanol–water partition coefficient (Wildman–Crippen LogP) is 20.1. The van der Waals surface area contributed by atoms with Crippen LogP contribution >= 0.6 is 0 Å². The van der Waals surface area contributed by atoms with E-state index in [0.717, 1.165) is 75.9 Å². The third kappa shape index (κ3) is 16.4. The summed E-state index contributed by atoms with van der Waals surface area (Å²) >= 11 is 0. The van der Waals surface area contributed by atoms with Gasteiger partial charge in [0.15, 0.2) is 0 Å². The summed E-state index contributed by atoms with van der Waals surface area (Å²) in [6.07, 6.45) is 2.21. The van der Waals surface area contributed by atoms with Crippen molar-refractivity contribution in [1.82, 2.24) is 44.3 Å². The summed E-state index contributed by atoms with van der Waals surface area (Å²) in [4.78, 5) is 14.2. The summed E-state index contributed by atoms with van der Waals surface area (Å²) in [5, 5.41) is 16.7. The Kier molecular flexibility index (Phi) is 25.0. The van der Waals surface area contributed by atoms with Crippen molar-refractivity contribution in [1.29, 1.82) is 0 Å². The normalized spacial score (nSPS) is 11.3. The van der Waals surface area contributed by atoms with E-state index in [9.17, 15) is 0 Å². The van der Waals surface area contributed by atoms with Crippen LogP contribution in [0.1, 0.15) is 152 Å². The van der Waals surface area contributed by atoms with Gasteiger partial charge in [-0.05, 0) is 137 Å². The van der Waals surface area contributed by atoms with Crippen molar-refractivity contribution in [3.05, 3.63) is 252 Å². The maximum atomic E-state index is 4.83. The number of rotatable bonds is 15. The summed E-state index contributed by atoms with van der Waals surface area (Å²) in [5.41, 5.74) is 17.5. The van der Waals surface area contributed by atoms with Crippen molar-refractivity contribution in [2.45, 2.75) is 133 Å². The van der Waals surface area contributed by atoms with Crippen LogP contribution in [0.2, 0.25) is 0 Å². The second-order valence-corrected chi connectivity index (χ2v) is 23.8. The van der Waals surface area contributed by atoms with Crippen molar-refractivity contribution in [3.8, 4) is 78.9 Å². The van der Waals surface area contributed by atoms with Gasteiger partial charge in [-0.25, -0.2) is 0 Å². The van der Waals surface area contributed by atoms with Crippen LogP contribution in [0.4, 0.5) is 0 Å². The Morgan fingerprint density at radius 1 is 0.389 bits per heavy atom. The SMILES string of the molecule is CCCC(C)n1nc(C)nc1-c1[c-]ccc(-c2ccc3ccccc3c2)c1.Cc1nc(-c2[c-]cc(C(C)C)cc2)n(-c2ccc(-c3ccccc3)cc2C(C)C)n1.Cc1nc(-c2[c-]cccc2)n(-c2c(C(C)C)cc(-c3ccccc3)cc2C(C)C)n1.[Ir].[Ir].[Ir]. The molecule has 1 unspecified atom stereocenters. The van der Waals surface area contributed by atoms with Gasteiger partial charge in [-0.3, -0.25) is 29.0 Å². The number of aryl methyl sites for hydroxylation is 3. The fraction of sp³-hybridized carbons (Fsp3) is 0.256. The summed E-state index contributed by atoms with van der Waals surface area (Å²) < 4.78 is 6.05. The molecule has 12 aromatic rings. The fourth-order valence-corrected chi connectivity index (χ4v) is 11.2. The van der Waals surface area contributed by atoms with Crippen molar-refractivity contribution < 1.29 is 60.3 Å². The Labute approximate surface area is 574 Å². The van der Waals surface area contributed by atoms with Crippen LogP contribution in [-0.4, -0.2) is 44.3 Å². The van der Waals surface area contributed by atoms with Gasteiger partial charge in [-0.15, -0.1) is 107 Å². The number of aromatic nitrogens is 9. The smallest absolute Gasteiger partial charge is 0.137 e. The topological polar surface area (TPSA) is 92.1 Å². The van der Waals surface area contributed by atoms with E-state index in [1.165, 1.54) is 66.4 Å². The first-order valence-corrected chi connectivity index (χ1v) is 30.8. The third-order valence-corrected chi connectivity index (χ3v) is 15.8. The molecule has 90 heavy (non-hydrogen) atoms. The van der Waals surface area contributed by atoms with E-state index >= 15 is 0 Å². The Bertz CT molecular complexity index is 4210. The molecule has 467 valence electrons. The van der Waals surface area contributed by atoms with E-state index in [-0.39, 0.29) is 60.3 Å². The largest absolute Gasteiger partial charge is 0.283 e. The van der Waals surface area contributed by atoms with E-state index in [0.29, 0.717) is 29.7 Å². The summed E-state index contributed by atoms with van der Waals surface area (Å²) in [6, 6.07) is 78.4. The Hall–Kier alpha value is -7.39. The third-order valence-electron chi connectivity index (χ3n) is 15.8. The summed E-state index contributed by atoms with van der Waals surface area (Å²) in [5.74, 6) is 6.42. The van der Waals surface area contributed by atoms with Crippen molar-refractivity contribution in [2.75, 3.05) is 0 Å². The molecule has 12 rings (SSSR count). The molecular formula is C78H80Ir3N9-3. The Morgan fingerprint density at radius 2 is 0.900 bits per heavy atom. The molecule has 3 radical (unpaired) electrons. The molecule has 9 nitrogen and oxygen atoms in total. The number of hydrogen-bond donors (Lipinski definition) is 0. The van der Waals surface area contributed by atoms with Gasteiger partial charge in [-0.1, -0.05) is 178 Å². The summed E-state index contributed by atoms with van der Waals surface area (Å²) in [6.45, 7) is 28.1. The second kappa shape index (κ2) is 32.1. The molecule has 0 aliphatic carbocycles. The Morgan fingerprint density at radius 3 is 1.49 bits per heavy atom. The zero-order valence-electron chi connectivity index (χ0n) is 53.8. The van der Waals surface area contributed by atoms with Crippen LogP contribution in [0.5, 0.6) is 0 Å². The molecule has 3 aromatic heterocycles. The average molecular weight is 1720 g/mol. The van der Waals surface area contributed by atoms with E-state index in [1.807, 2.05) is 66.5 Å². The molecule has 1 atom stereocenters. The van der Waals surface area contributed by atoms with Crippen LogP contribution in [0.25, 0.3) is 89.7 Å². The average Bonchev–Trinajstić information content (AvgIpc) is 1.51. The number of nitrogens with zero attached hydrogens (tertiary/aromatic N) is 9. The van der Waals surface area contributed by atoms with E-state index < -0.39 is 0 Å². The zero-order valence-corrected chi connectivity index (χ0v) is 61.0. The molecule has 0 saturated heterocycles. The van der Waals surface area contributed by atoms with E-state index in [1.54, 1.807) is 0 Å². The minimum Gasteiger partial charge on any atom is -0.283 e. The first-order chi connectivity index (χ1) is 42.0. The fourth-order valence-electron chi connectivity index (χ4n) is 11.2. The van der Waals surface area contributed by atoms with Gasteiger partial charge in [-0.2, -0.15) is 15.3 Å². The first-order valence-electron chi connectivity index (χ1n) is 30.8. The van der Waals surface area contributed by atoms with Crippen molar-refractivity contribution in [2.24, 2.45) is 0 Å². The molecule has 0 amide bonds. The van der Waals surface area contributed by atoms with Gasteiger partial charge in [0.1, 0.15) is 17.5 Å². The van der Waals surface area contributed by atoms with Crippen LogP contribution in [0, 0.1) is 39.0 Å². The minimum atomic E-state index is 0. The van der Waals surface area contributed by atoms with Crippen LogP contribution in [0.3, 0.4) is 0 Å². The Balaban J connectivity index is 0.000000189. The standard InChI is InChI=1S/2C27H28N3.C24H24N3.3Ir/c1-18(2)24-16-23(21-12-8-6-9-13-21)17-25(19(3)4)26(24)30-27(28-20(5)29-30)22-14-10-7-11-15-22;1-18(2)21-11-13-23(14-12-21)27-28-20(5)29-30(27)26-16-15-24(17-25(26)19(3)4)22-9-7-6-8-10-22;1-4-8-17(2)27-24(25-18(3)26-27)23-12-7-11-21(16-23)22-14-13-19-9-5-6-10-20(19)15-22;;;/h6-14,16-19H,1-5H3;6-13,15-19H,1-5H3;5-7,9-11,13-17H,4,8H2,1-3H3;;;/q3*-1;;;. The van der Waals surface area contributed by atoms with Gasteiger partial charge in [0, 0.05) is 66.4 Å². The summed E-state index contributed by atoms with van der Waals surface area (Å²) in [7, 11) is 0. The monoisotopic (exact) mass is 1720 g/mol. The molecule has 0 fully saturated rings. The molecule has 0 saturated carbocycles. The van der Waals surface area contributed by atoms with Gasteiger partial charge in [0.25, 0.3) is 0 Å². The van der Waals surface area contributed by atoms with Gasteiger partial charge in [0.05, 0.1) is 28.8 Å². The molecular weight excluding hydrogens is 1640 g/mol. The minimum absolute atomic E-state index is 0. The van der Waals surface area contributed by atoms with Crippen molar-refractivity contribution in [3.63, 3.8) is 0 Å². The maximum absolute atomic E-state index is 4.83. The molecule has 9 aromatic carbocycles. The molecule has 0 bridgehead atoms. The maximum Gasteiger partial charge on any atom is 0.137 e. The second-order valence-electron chi connectivity index (χ2n) is 23.8. The molecule has 3 heterocycles. The van der Waals surface area contributed by atoms with Crippen LogP contribution < -0.4 is 0 Å². The number of hydrogen-bond acceptors (Lipinski definition) is 6. The molecule has 0 aliphatic heterocycles. The van der Waals surface area contributed by atoms with Crippen LogP contribution in [-0.2, 0) is 60.3 Å². The predicted molar refractivity (Wildman–Crippen MR) is 360 cm³/mol. The molecule has 12 heteroatoms.